The van der Waals surface area contributed by atoms with E-state index in [1.807, 2.05) is 18.2 Å². The van der Waals surface area contributed by atoms with Crippen molar-refractivity contribution in [1.29, 1.82) is 0 Å². The van der Waals surface area contributed by atoms with Gasteiger partial charge in [-0.3, -0.25) is 0 Å². The van der Waals surface area contributed by atoms with Crippen LogP contribution in [0.15, 0.2) is 36.4 Å². The van der Waals surface area contributed by atoms with Crippen molar-refractivity contribution in [2.45, 2.75) is 0 Å². The van der Waals surface area contributed by atoms with Gasteiger partial charge in [0.05, 0.1) is 38.1 Å². The number of carbonyl (C=O) groups is 1. The molecule has 3 rings (SSSR count). The Kier molecular flexibility index (Phi) is 5.17. The lowest BCUT2D eigenvalue weighted by atomic mass is 10.0. The average molecular weight is 465 g/mol. The third kappa shape index (κ3) is 3.26. The maximum atomic E-state index is 11.8. The highest BCUT2D eigenvalue weighted by Crippen LogP contribution is 2.41. The van der Waals surface area contributed by atoms with Gasteiger partial charge in [0.2, 0.25) is 5.75 Å². The van der Waals surface area contributed by atoms with Crippen molar-refractivity contribution in [2.24, 2.45) is 0 Å². The minimum Gasteiger partial charge on any atom is -0.493 e. The number of aromatic nitrogens is 1. The topological polar surface area (TPSA) is 77.9 Å². The number of pyridine rings is 1. The fourth-order valence-corrected chi connectivity index (χ4v) is 3.24. The highest BCUT2D eigenvalue weighted by molar-refractivity contribution is 14.1. The van der Waals surface area contributed by atoms with Crippen molar-refractivity contribution in [2.75, 3.05) is 21.3 Å². The second-order valence-electron chi connectivity index (χ2n) is 5.44. The number of hydrogen-bond donors (Lipinski definition) is 1. The third-order valence-electron chi connectivity index (χ3n) is 3.96. The van der Waals surface area contributed by atoms with E-state index in [-0.39, 0.29) is 5.56 Å². The molecule has 0 spiro atoms. The zero-order chi connectivity index (χ0) is 18.8. The molecule has 0 fully saturated rings. The van der Waals surface area contributed by atoms with Crippen LogP contribution in [0.3, 0.4) is 0 Å². The normalized spacial score (nSPS) is 10.6. The van der Waals surface area contributed by atoms with Crippen LogP contribution in [0, 0.1) is 3.57 Å². The molecular formula is C19H16INO5. The molecule has 26 heavy (non-hydrogen) atoms. The highest BCUT2D eigenvalue weighted by Gasteiger charge is 2.18. The van der Waals surface area contributed by atoms with Gasteiger partial charge in [-0.2, -0.15) is 0 Å². The standard InChI is InChI=1S/C19H16INO5/c1-24-16-6-10(7-17(25-2)18(16)26-3)15-9-13(19(22)23)12-8-11(20)4-5-14(12)21-15/h4-9H,1-3H3,(H,22,23). The number of nitrogens with zero attached hydrogens (tertiary/aromatic N) is 1. The lowest BCUT2D eigenvalue weighted by molar-refractivity contribution is 0.0699. The van der Waals surface area contributed by atoms with Gasteiger partial charge in [0.15, 0.2) is 11.5 Å². The summed E-state index contributed by atoms with van der Waals surface area (Å²) in [6, 6.07) is 10.6. The van der Waals surface area contributed by atoms with Crippen molar-refractivity contribution in [1.82, 2.24) is 4.98 Å². The molecule has 1 aromatic heterocycles. The molecule has 0 radical (unpaired) electrons. The van der Waals surface area contributed by atoms with Crippen LogP contribution in [0.4, 0.5) is 0 Å². The molecule has 0 bridgehead atoms. The molecule has 0 saturated carbocycles. The Labute approximate surface area is 163 Å². The van der Waals surface area contributed by atoms with Crippen LogP contribution in [0.2, 0.25) is 0 Å². The molecule has 7 heteroatoms. The first-order chi connectivity index (χ1) is 12.5. The predicted octanol–water partition coefficient (Wildman–Crippen LogP) is 4.23. The number of fused-ring (bicyclic) bond motifs is 1. The summed E-state index contributed by atoms with van der Waals surface area (Å²) in [5.41, 5.74) is 1.98. The number of aromatic carboxylic acids is 1. The van der Waals surface area contributed by atoms with E-state index < -0.39 is 5.97 Å². The molecular weight excluding hydrogens is 449 g/mol. The number of halogens is 1. The average Bonchev–Trinajstić information content (AvgIpc) is 2.65. The summed E-state index contributed by atoms with van der Waals surface area (Å²) in [5.74, 6) is 0.409. The predicted molar refractivity (Wildman–Crippen MR) is 107 cm³/mol. The first-order valence-corrected chi connectivity index (χ1v) is 8.70. The maximum absolute atomic E-state index is 11.8. The largest absolute Gasteiger partial charge is 0.493 e. The van der Waals surface area contributed by atoms with Crippen molar-refractivity contribution in [3.8, 4) is 28.5 Å². The minimum absolute atomic E-state index is 0.192. The summed E-state index contributed by atoms with van der Waals surface area (Å²) in [4.78, 5) is 16.4. The Bertz CT molecular complexity index is 978. The molecule has 3 aromatic rings. The monoisotopic (exact) mass is 465 g/mol. The number of carboxylic acids is 1. The number of benzene rings is 2. The van der Waals surface area contributed by atoms with Crippen molar-refractivity contribution >= 4 is 39.5 Å². The zero-order valence-electron chi connectivity index (χ0n) is 14.4. The maximum Gasteiger partial charge on any atom is 0.336 e. The fourth-order valence-electron chi connectivity index (χ4n) is 2.75. The molecule has 0 aliphatic carbocycles. The first kappa shape index (κ1) is 18.2. The number of rotatable bonds is 5. The Morgan fingerprint density at radius 3 is 2.19 bits per heavy atom. The van der Waals surface area contributed by atoms with E-state index in [2.05, 4.69) is 27.6 Å². The second-order valence-corrected chi connectivity index (χ2v) is 6.68. The van der Waals surface area contributed by atoms with Gasteiger partial charge >= 0.3 is 5.97 Å². The van der Waals surface area contributed by atoms with Gasteiger partial charge in [0.25, 0.3) is 0 Å². The van der Waals surface area contributed by atoms with E-state index in [1.54, 1.807) is 18.2 Å². The van der Waals surface area contributed by atoms with Gasteiger partial charge in [0, 0.05) is 14.5 Å². The summed E-state index contributed by atoms with van der Waals surface area (Å²) < 4.78 is 17.0. The second kappa shape index (κ2) is 7.36. The SMILES string of the molecule is COc1cc(-c2cc(C(=O)O)c3cc(I)ccc3n2)cc(OC)c1OC. The summed E-state index contributed by atoms with van der Waals surface area (Å²) in [5, 5.41) is 10.2. The lowest BCUT2D eigenvalue weighted by Crippen LogP contribution is -2.01. The fraction of sp³-hybridized carbons (Fsp3) is 0.158. The van der Waals surface area contributed by atoms with E-state index in [9.17, 15) is 9.90 Å². The van der Waals surface area contributed by atoms with Crippen LogP contribution in [-0.4, -0.2) is 37.4 Å². The number of methoxy groups -OCH3 is 3. The van der Waals surface area contributed by atoms with Gasteiger partial charge in [-0.1, -0.05) is 0 Å². The molecule has 0 aliphatic rings. The van der Waals surface area contributed by atoms with Gasteiger partial charge in [-0.15, -0.1) is 0 Å². The molecule has 2 aromatic carbocycles. The smallest absolute Gasteiger partial charge is 0.336 e. The van der Waals surface area contributed by atoms with Gasteiger partial charge < -0.3 is 19.3 Å². The Balaban J connectivity index is 2.29. The van der Waals surface area contributed by atoms with Crippen molar-refractivity contribution < 1.29 is 24.1 Å². The third-order valence-corrected chi connectivity index (χ3v) is 4.63. The van der Waals surface area contributed by atoms with Crippen LogP contribution in [0.5, 0.6) is 17.2 Å². The molecule has 0 unspecified atom stereocenters. The molecule has 1 heterocycles. The molecule has 0 saturated heterocycles. The lowest BCUT2D eigenvalue weighted by Gasteiger charge is -2.14. The molecule has 1 N–H and O–H groups in total. The summed E-state index contributed by atoms with van der Waals surface area (Å²) in [6.45, 7) is 0. The van der Waals surface area contributed by atoms with Crippen LogP contribution >= 0.6 is 22.6 Å². The van der Waals surface area contributed by atoms with Crippen molar-refractivity contribution in [3.05, 3.63) is 45.5 Å². The van der Waals surface area contributed by atoms with E-state index in [0.29, 0.717) is 39.4 Å². The highest BCUT2D eigenvalue weighted by atomic mass is 127. The minimum atomic E-state index is -1.01. The first-order valence-electron chi connectivity index (χ1n) is 7.62. The zero-order valence-corrected chi connectivity index (χ0v) is 16.5. The molecule has 0 aliphatic heterocycles. The molecule has 0 amide bonds. The molecule has 0 atom stereocenters. The van der Waals surface area contributed by atoms with E-state index >= 15 is 0 Å². The number of ether oxygens (including phenoxy) is 3. The quantitative estimate of drug-likeness (QED) is 0.569. The summed E-state index contributed by atoms with van der Waals surface area (Å²) in [6.07, 6.45) is 0. The van der Waals surface area contributed by atoms with Crippen LogP contribution in [0.1, 0.15) is 10.4 Å². The van der Waals surface area contributed by atoms with Gasteiger partial charge in [-0.05, 0) is 59.0 Å². The van der Waals surface area contributed by atoms with Gasteiger partial charge in [0.1, 0.15) is 0 Å². The Morgan fingerprint density at radius 1 is 1.00 bits per heavy atom. The van der Waals surface area contributed by atoms with Gasteiger partial charge in [-0.25, -0.2) is 9.78 Å². The number of hydrogen-bond acceptors (Lipinski definition) is 5. The molecule has 6 nitrogen and oxygen atoms in total. The van der Waals surface area contributed by atoms with Crippen molar-refractivity contribution in [3.63, 3.8) is 0 Å². The Morgan fingerprint density at radius 2 is 1.65 bits per heavy atom. The van der Waals surface area contributed by atoms with Crippen LogP contribution < -0.4 is 14.2 Å². The Hall–Kier alpha value is -2.55. The van der Waals surface area contributed by atoms with E-state index in [1.165, 1.54) is 21.3 Å². The van der Waals surface area contributed by atoms with E-state index in [4.69, 9.17) is 14.2 Å². The molecule has 134 valence electrons. The van der Waals surface area contributed by atoms with Crippen LogP contribution in [-0.2, 0) is 0 Å². The summed E-state index contributed by atoms with van der Waals surface area (Å²) >= 11 is 2.15. The summed E-state index contributed by atoms with van der Waals surface area (Å²) in [7, 11) is 4.58. The van der Waals surface area contributed by atoms with E-state index in [0.717, 1.165) is 3.57 Å². The van der Waals surface area contributed by atoms with Crippen LogP contribution in [0.25, 0.3) is 22.2 Å². The number of carboxylic acid groups (broad SMARTS) is 1.